The Kier molecular flexibility index (Phi) is 10.6. The number of aromatic nitrogens is 3. The summed E-state index contributed by atoms with van der Waals surface area (Å²) in [5.74, 6) is 1.78. The van der Waals surface area contributed by atoms with Gasteiger partial charge in [-0.15, -0.1) is 10.2 Å². The van der Waals surface area contributed by atoms with Gasteiger partial charge in [0.15, 0.2) is 5.96 Å². The minimum atomic E-state index is 0.685. The fourth-order valence-corrected chi connectivity index (χ4v) is 3.02. The Morgan fingerprint density at radius 2 is 1.90 bits per heavy atom. The first-order valence-corrected chi connectivity index (χ1v) is 10.7. The largest absolute Gasteiger partial charge is 0.493 e. The van der Waals surface area contributed by atoms with E-state index in [9.17, 15) is 0 Å². The number of nitrogens with zero attached hydrogens (tertiary/aromatic N) is 4. The summed E-state index contributed by atoms with van der Waals surface area (Å²) in [6, 6.07) is 6.39. The number of hydrogen-bond donors (Lipinski definition) is 2. The lowest BCUT2D eigenvalue weighted by molar-refractivity contribution is 0.301. The molecule has 0 saturated carbocycles. The van der Waals surface area contributed by atoms with Crippen molar-refractivity contribution in [2.45, 2.75) is 65.5 Å². The molecule has 7 heteroatoms. The molecule has 1 aromatic carbocycles. The van der Waals surface area contributed by atoms with Crippen molar-refractivity contribution in [1.29, 1.82) is 0 Å². The molecule has 0 atom stereocenters. The molecule has 1 aromatic heterocycles. The lowest BCUT2D eigenvalue weighted by atomic mass is 10.1. The molecule has 160 valence electrons. The number of ether oxygens (including phenoxy) is 1. The van der Waals surface area contributed by atoms with Crippen molar-refractivity contribution in [1.82, 2.24) is 25.4 Å². The Labute approximate surface area is 175 Å². The van der Waals surface area contributed by atoms with Crippen LogP contribution in [-0.2, 0) is 13.1 Å². The molecule has 0 unspecified atom stereocenters. The van der Waals surface area contributed by atoms with Gasteiger partial charge in [-0.2, -0.15) is 0 Å². The summed E-state index contributed by atoms with van der Waals surface area (Å²) < 4.78 is 8.06. The van der Waals surface area contributed by atoms with E-state index >= 15 is 0 Å². The van der Waals surface area contributed by atoms with Crippen LogP contribution in [0.3, 0.4) is 0 Å². The van der Waals surface area contributed by atoms with Crippen LogP contribution in [0.5, 0.6) is 5.75 Å². The van der Waals surface area contributed by atoms with Gasteiger partial charge < -0.3 is 19.9 Å². The highest BCUT2D eigenvalue weighted by Crippen LogP contribution is 2.20. The molecule has 0 spiro atoms. The lowest BCUT2D eigenvalue weighted by Crippen LogP contribution is -2.37. The third-order valence-corrected chi connectivity index (χ3v) is 4.75. The number of nitrogens with one attached hydrogen (secondary N) is 2. The van der Waals surface area contributed by atoms with Gasteiger partial charge in [-0.3, -0.25) is 4.99 Å². The molecule has 0 aliphatic carbocycles. The Bertz CT molecular complexity index is 714. The van der Waals surface area contributed by atoms with Gasteiger partial charge >= 0.3 is 0 Å². The zero-order valence-electron chi connectivity index (χ0n) is 18.2. The van der Waals surface area contributed by atoms with Crippen LogP contribution in [-0.4, -0.2) is 40.9 Å². The van der Waals surface area contributed by atoms with Crippen LogP contribution >= 0.6 is 0 Å². The molecule has 0 fully saturated rings. The summed E-state index contributed by atoms with van der Waals surface area (Å²) in [5.41, 5.74) is 2.37. The molecule has 0 bridgehead atoms. The zero-order chi connectivity index (χ0) is 20.7. The lowest BCUT2D eigenvalue weighted by Gasteiger charge is -2.15. The van der Waals surface area contributed by atoms with Crippen molar-refractivity contribution in [3.05, 3.63) is 42.0 Å². The predicted octanol–water partition coefficient (Wildman–Crippen LogP) is 3.69. The van der Waals surface area contributed by atoms with Gasteiger partial charge in [0.2, 0.25) is 0 Å². The van der Waals surface area contributed by atoms with Crippen molar-refractivity contribution >= 4 is 5.96 Å². The van der Waals surface area contributed by atoms with E-state index in [-0.39, 0.29) is 0 Å². The average Bonchev–Trinajstić information content (AvgIpc) is 3.24. The van der Waals surface area contributed by atoms with Gasteiger partial charge in [0.1, 0.15) is 18.4 Å². The van der Waals surface area contributed by atoms with E-state index in [2.05, 4.69) is 57.9 Å². The predicted molar refractivity (Wildman–Crippen MR) is 118 cm³/mol. The minimum absolute atomic E-state index is 0.685. The summed E-state index contributed by atoms with van der Waals surface area (Å²) in [5, 5.41) is 14.4. The number of aryl methyl sites for hydroxylation is 2. The van der Waals surface area contributed by atoms with Crippen LogP contribution in [0.1, 0.15) is 56.6 Å². The van der Waals surface area contributed by atoms with Crippen molar-refractivity contribution in [2.24, 2.45) is 4.99 Å². The topological polar surface area (TPSA) is 76.4 Å². The summed E-state index contributed by atoms with van der Waals surface area (Å²) in [7, 11) is 1.80. The fraction of sp³-hybridized carbons (Fsp3) is 0.591. The maximum Gasteiger partial charge on any atom is 0.191 e. The first-order valence-electron chi connectivity index (χ1n) is 10.7. The van der Waals surface area contributed by atoms with Crippen LogP contribution in [0.15, 0.2) is 35.8 Å². The van der Waals surface area contributed by atoms with Crippen LogP contribution < -0.4 is 15.4 Å². The number of unbranched alkanes of at least 4 members (excludes halogenated alkanes) is 4. The van der Waals surface area contributed by atoms with E-state index in [1.165, 1.54) is 24.8 Å². The second kappa shape index (κ2) is 13.6. The number of rotatable bonds is 13. The standard InChI is InChI=1S/C22H36N6O/c1-4-5-6-9-14-29-21-15-19(2)10-11-20(21)16-25-22(23-3)24-12-7-8-13-28-17-26-27-18-28/h10-11,15,17-18H,4-9,12-14,16H2,1-3H3,(H2,23,24,25). The number of hydrogen-bond acceptors (Lipinski definition) is 4. The molecular formula is C22H36N6O. The molecule has 0 amide bonds. The summed E-state index contributed by atoms with van der Waals surface area (Å²) in [4.78, 5) is 4.32. The van der Waals surface area contributed by atoms with Crippen molar-refractivity contribution in [2.75, 3.05) is 20.2 Å². The SMILES string of the molecule is CCCCCCOc1cc(C)ccc1CNC(=NC)NCCCCn1cnnc1. The molecule has 0 aliphatic rings. The second-order valence-electron chi connectivity index (χ2n) is 7.28. The number of benzene rings is 1. The van der Waals surface area contributed by atoms with E-state index in [0.29, 0.717) is 6.54 Å². The maximum atomic E-state index is 6.07. The molecule has 7 nitrogen and oxygen atoms in total. The van der Waals surface area contributed by atoms with E-state index in [4.69, 9.17) is 4.74 Å². The summed E-state index contributed by atoms with van der Waals surface area (Å²) in [6.45, 7) is 7.59. The van der Waals surface area contributed by atoms with E-state index in [1.54, 1.807) is 19.7 Å². The van der Waals surface area contributed by atoms with Crippen LogP contribution in [0, 0.1) is 6.92 Å². The maximum absolute atomic E-state index is 6.07. The highest BCUT2D eigenvalue weighted by atomic mass is 16.5. The van der Waals surface area contributed by atoms with Crippen LogP contribution in [0.2, 0.25) is 0 Å². The van der Waals surface area contributed by atoms with Crippen LogP contribution in [0.25, 0.3) is 0 Å². The Morgan fingerprint density at radius 3 is 2.66 bits per heavy atom. The molecular weight excluding hydrogens is 364 g/mol. The third-order valence-electron chi connectivity index (χ3n) is 4.75. The fourth-order valence-electron chi connectivity index (χ4n) is 3.02. The molecule has 2 N–H and O–H groups in total. The highest BCUT2D eigenvalue weighted by Gasteiger charge is 2.06. The van der Waals surface area contributed by atoms with E-state index in [1.807, 2.05) is 4.57 Å². The first kappa shape index (κ1) is 22.7. The monoisotopic (exact) mass is 400 g/mol. The van der Waals surface area contributed by atoms with Gasteiger partial charge in [-0.1, -0.05) is 38.3 Å². The van der Waals surface area contributed by atoms with Crippen molar-refractivity contribution < 1.29 is 4.74 Å². The normalized spacial score (nSPS) is 11.5. The van der Waals surface area contributed by atoms with Crippen LogP contribution in [0.4, 0.5) is 0 Å². The summed E-state index contributed by atoms with van der Waals surface area (Å²) >= 11 is 0. The van der Waals surface area contributed by atoms with Gasteiger partial charge in [-0.05, 0) is 37.8 Å². The minimum Gasteiger partial charge on any atom is -0.493 e. The average molecular weight is 401 g/mol. The quantitative estimate of drug-likeness (QED) is 0.305. The Morgan fingerprint density at radius 1 is 1.07 bits per heavy atom. The van der Waals surface area contributed by atoms with Crippen molar-refractivity contribution in [3.63, 3.8) is 0 Å². The second-order valence-corrected chi connectivity index (χ2v) is 7.28. The highest BCUT2D eigenvalue weighted by molar-refractivity contribution is 5.79. The molecule has 0 saturated heterocycles. The molecule has 1 heterocycles. The first-order chi connectivity index (χ1) is 14.2. The molecule has 0 aliphatic heterocycles. The van der Waals surface area contributed by atoms with Gasteiger partial charge in [0, 0.05) is 32.2 Å². The zero-order valence-corrected chi connectivity index (χ0v) is 18.2. The molecule has 2 aromatic rings. The Hall–Kier alpha value is -2.57. The van der Waals surface area contributed by atoms with Gasteiger partial charge in [-0.25, -0.2) is 0 Å². The number of guanidine groups is 1. The summed E-state index contributed by atoms with van der Waals surface area (Å²) in [6.07, 6.45) is 10.5. The number of aliphatic imine (C=N–C) groups is 1. The smallest absolute Gasteiger partial charge is 0.191 e. The molecule has 29 heavy (non-hydrogen) atoms. The van der Waals surface area contributed by atoms with E-state index in [0.717, 1.165) is 56.2 Å². The van der Waals surface area contributed by atoms with Gasteiger partial charge in [0.25, 0.3) is 0 Å². The van der Waals surface area contributed by atoms with Gasteiger partial charge in [0.05, 0.1) is 6.61 Å². The Balaban J connectivity index is 1.73. The molecule has 0 radical (unpaired) electrons. The molecule has 2 rings (SSSR count). The third kappa shape index (κ3) is 8.98. The van der Waals surface area contributed by atoms with E-state index < -0.39 is 0 Å². The van der Waals surface area contributed by atoms with Crippen molar-refractivity contribution in [3.8, 4) is 5.75 Å².